The molecule has 0 saturated heterocycles. The van der Waals surface area contributed by atoms with Crippen LogP contribution in [0.1, 0.15) is 0 Å². The summed E-state index contributed by atoms with van der Waals surface area (Å²) in [7, 11) is 0. The number of rotatable bonds is 1. The van der Waals surface area contributed by atoms with Gasteiger partial charge in [-0.15, -0.1) is 0 Å². The number of nitrogens with zero attached hydrogens (tertiary/aromatic N) is 1. The van der Waals surface area contributed by atoms with Gasteiger partial charge in [0, 0.05) is 5.39 Å². The van der Waals surface area contributed by atoms with Gasteiger partial charge in [0.05, 0.1) is 6.26 Å². The maximum atomic E-state index is 10.0. The Balaban J connectivity index is 2.81. The highest BCUT2D eigenvalue weighted by Crippen LogP contribution is 2.25. The van der Waals surface area contributed by atoms with Gasteiger partial charge < -0.3 is 4.42 Å². The molecule has 2 rings (SSSR count). The van der Waals surface area contributed by atoms with Gasteiger partial charge in [-0.1, -0.05) is 12.1 Å². The topological polar surface area (TPSA) is 42.6 Å². The van der Waals surface area contributed by atoms with Crippen LogP contribution in [-0.4, -0.2) is 6.08 Å². The van der Waals surface area contributed by atoms with Crippen molar-refractivity contribution in [3.05, 3.63) is 30.5 Å². The van der Waals surface area contributed by atoms with Crippen LogP contribution in [0.4, 0.5) is 5.69 Å². The van der Waals surface area contributed by atoms with Crippen molar-refractivity contribution in [1.29, 1.82) is 0 Å². The van der Waals surface area contributed by atoms with Gasteiger partial charge in [-0.3, -0.25) is 0 Å². The molecule has 0 aliphatic heterocycles. The lowest BCUT2D eigenvalue weighted by atomic mass is 10.2. The Morgan fingerprint density at radius 1 is 1.33 bits per heavy atom. The van der Waals surface area contributed by atoms with Crippen LogP contribution in [0.15, 0.2) is 39.9 Å². The van der Waals surface area contributed by atoms with Crippen molar-refractivity contribution in [3.63, 3.8) is 0 Å². The zero-order chi connectivity index (χ0) is 8.39. The molecule has 0 aliphatic rings. The van der Waals surface area contributed by atoms with E-state index in [0.29, 0.717) is 11.3 Å². The molecule has 0 radical (unpaired) electrons. The highest BCUT2D eigenvalue weighted by Gasteiger charge is 2.00. The first-order valence-corrected chi connectivity index (χ1v) is 3.46. The molecule has 0 fully saturated rings. The van der Waals surface area contributed by atoms with E-state index in [1.54, 1.807) is 12.3 Å². The van der Waals surface area contributed by atoms with Crippen LogP contribution < -0.4 is 0 Å². The summed E-state index contributed by atoms with van der Waals surface area (Å²) >= 11 is 0. The van der Waals surface area contributed by atoms with Crippen LogP contribution in [0.5, 0.6) is 0 Å². The van der Waals surface area contributed by atoms with Gasteiger partial charge in [-0.2, -0.15) is 4.99 Å². The van der Waals surface area contributed by atoms with Crippen molar-refractivity contribution in [3.8, 4) is 0 Å². The number of carbonyl (C=O) groups excluding carboxylic acids is 1. The van der Waals surface area contributed by atoms with E-state index in [1.807, 2.05) is 18.2 Å². The molecule has 0 unspecified atom stereocenters. The van der Waals surface area contributed by atoms with Gasteiger partial charge in [0.25, 0.3) is 0 Å². The molecule has 1 aromatic carbocycles. The Morgan fingerprint density at radius 3 is 3.08 bits per heavy atom. The normalized spacial score (nSPS) is 9.67. The monoisotopic (exact) mass is 159 g/mol. The number of benzene rings is 1. The SMILES string of the molecule is O=C=Nc1cccc2ccoc12. The van der Waals surface area contributed by atoms with Crippen LogP contribution in [0, 0.1) is 0 Å². The second-order valence-electron chi connectivity index (χ2n) is 2.32. The van der Waals surface area contributed by atoms with E-state index in [2.05, 4.69) is 4.99 Å². The summed E-state index contributed by atoms with van der Waals surface area (Å²) in [6.45, 7) is 0. The molecule has 0 N–H and O–H groups in total. The van der Waals surface area contributed by atoms with E-state index in [-0.39, 0.29) is 0 Å². The van der Waals surface area contributed by atoms with Crippen LogP contribution in [-0.2, 0) is 4.79 Å². The molecule has 0 atom stereocenters. The Kier molecular flexibility index (Phi) is 1.50. The average Bonchev–Trinajstić information content (AvgIpc) is 2.53. The Morgan fingerprint density at radius 2 is 2.25 bits per heavy atom. The fourth-order valence-electron chi connectivity index (χ4n) is 1.11. The van der Waals surface area contributed by atoms with Crippen LogP contribution in [0.25, 0.3) is 11.0 Å². The molecule has 0 spiro atoms. The van der Waals surface area contributed by atoms with Crippen molar-refractivity contribution in [1.82, 2.24) is 0 Å². The second kappa shape index (κ2) is 2.64. The first kappa shape index (κ1) is 6.83. The van der Waals surface area contributed by atoms with Gasteiger partial charge in [0.15, 0.2) is 5.58 Å². The second-order valence-corrected chi connectivity index (χ2v) is 2.32. The molecule has 0 saturated carbocycles. The predicted octanol–water partition coefficient (Wildman–Crippen LogP) is 2.40. The highest BCUT2D eigenvalue weighted by molar-refractivity contribution is 5.88. The molecule has 3 nitrogen and oxygen atoms in total. The number of fused-ring (bicyclic) bond motifs is 1. The van der Waals surface area contributed by atoms with Crippen molar-refractivity contribution < 1.29 is 9.21 Å². The third-order valence-electron chi connectivity index (χ3n) is 1.62. The molecule has 0 amide bonds. The number of furan rings is 1. The van der Waals surface area contributed by atoms with Crippen molar-refractivity contribution in [2.45, 2.75) is 0 Å². The summed E-state index contributed by atoms with van der Waals surface area (Å²) in [4.78, 5) is 13.5. The zero-order valence-electron chi connectivity index (χ0n) is 6.15. The van der Waals surface area contributed by atoms with Crippen molar-refractivity contribution in [2.24, 2.45) is 4.99 Å². The fourth-order valence-corrected chi connectivity index (χ4v) is 1.11. The average molecular weight is 159 g/mol. The molecule has 0 bridgehead atoms. The van der Waals surface area contributed by atoms with Crippen molar-refractivity contribution >= 4 is 22.7 Å². The fraction of sp³-hybridized carbons (Fsp3) is 0. The summed E-state index contributed by atoms with van der Waals surface area (Å²) in [5.74, 6) is 0. The summed E-state index contributed by atoms with van der Waals surface area (Å²) in [5.41, 5.74) is 1.15. The third kappa shape index (κ3) is 0.929. The van der Waals surface area contributed by atoms with Gasteiger partial charge >= 0.3 is 0 Å². The standard InChI is InChI=1S/C9H5NO2/c11-6-10-8-3-1-2-7-4-5-12-9(7)8/h1-5H. The number of aliphatic imine (C=N–C) groups is 1. The Hall–Kier alpha value is -1.86. The van der Waals surface area contributed by atoms with E-state index in [0.717, 1.165) is 5.39 Å². The third-order valence-corrected chi connectivity index (χ3v) is 1.62. The molecular weight excluding hydrogens is 154 g/mol. The Bertz CT molecular complexity index is 452. The van der Waals surface area contributed by atoms with E-state index in [1.165, 1.54) is 6.08 Å². The molecule has 2 aromatic rings. The lowest BCUT2D eigenvalue weighted by molar-refractivity contribution is 0.565. The summed E-state index contributed by atoms with van der Waals surface area (Å²) in [6.07, 6.45) is 3.04. The van der Waals surface area contributed by atoms with Gasteiger partial charge in [0.1, 0.15) is 5.69 Å². The van der Waals surface area contributed by atoms with Gasteiger partial charge in [0.2, 0.25) is 6.08 Å². The molecule has 1 heterocycles. The first-order chi connectivity index (χ1) is 5.92. The first-order valence-electron chi connectivity index (χ1n) is 3.46. The minimum absolute atomic E-state index is 0.521. The molecule has 12 heavy (non-hydrogen) atoms. The molecule has 1 aromatic heterocycles. The molecular formula is C9H5NO2. The maximum absolute atomic E-state index is 10.0. The quantitative estimate of drug-likeness (QED) is 0.473. The number of isocyanates is 1. The lowest BCUT2D eigenvalue weighted by Crippen LogP contribution is -1.65. The Labute approximate surface area is 68.3 Å². The zero-order valence-corrected chi connectivity index (χ0v) is 6.15. The van der Waals surface area contributed by atoms with Crippen LogP contribution in [0.2, 0.25) is 0 Å². The summed E-state index contributed by atoms with van der Waals surface area (Å²) in [6, 6.07) is 7.23. The minimum Gasteiger partial charge on any atom is -0.462 e. The van der Waals surface area contributed by atoms with Crippen LogP contribution >= 0.6 is 0 Å². The van der Waals surface area contributed by atoms with Gasteiger partial charge in [-0.25, -0.2) is 4.79 Å². The van der Waals surface area contributed by atoms with E-state index in [9.17, 15) is 4.79 Å². The van der Waals surface area contributed by atoms with Crippen molar-refractivity contribution in [2.75, 3.05) is 0 Å². The van der Waals surface area contributed by atoms with E-state index >= 15 is 0 Å². The highest BCUT2D eigenvalue weighted by atomic mass is 16.3. The number of hydrogen-bond acceptors (Lipinski definition) is 3. The summed E-state index contributed by atoms with van der Waals surface area (Å²) in [5, 5.41) is 0.937. The largest absolute Gasteiger partial charge is 0.462 e. The summed E-state index contributed by atoms with van der Waals surface area (Å²) < 4.78 is 5.13. The lowest BCUT2D eigenvalue weighted by Gasteiger charge is -1.90. The molecule has 58 valence electrons. The van der Waals surface area contributed by atoms with Crippen LogP contribution in [0.3, 0.4) is 0 Å². The minimum atomic E-state index is 0.521. The molecule has 3 heteroatoms. The van der Waals surface area contributed by atoms with E-state index in [4.69, 9.17) is 4.42 Å². The maximum Gasteiger partial charge on any atom is 0.240 e. The number of hydrogen-bond donors (Lipinski definition) is 0. The smallest absolute Gasteiger partial charge is 0.240 e. The predicted molar refractivity (Wildman–Crippen MR) is 44.0 cm³/mol. The van der Waals surface area contributed by atoms with E-state index < -0.39 is 0 Å². The number of para-hydroxylation sites is 1. The molecule has 0 aliphatic carbocycles. The van der Waals surface area contributed by atoms with Gasteiger partial charge in [-0.05, 0) is 12.1 Å².